The van der Waals surface area contributed by atoms with Gasteiger partial charge >= 0.3 is 0 Å². The van der Waals surface area contributed by atoms with Crippen LogP contribution in [-0.2, 0) is 9.59 Å². The molecule has 0 aromatic carbocycles. The largest absolute Gasteiger partial charge is 0.370 e. The van der Waals surface area contributed by atoms with Crippen molar-refractivity contribution in [3.05, 3.63) is 12.7 Å². The minimum Gasteiger partial charge on any atom is -0.370 e. The summed E-state index contributed by atoms with van der Waals surface area (Å²) in [5.74, 6) is -1.35. The Balaban J connectivity index is 3.79. The van der Waals surface area contributed by atoms with Crippen molar-refractivity contribution < 1.29 is 9.59 Å². The number of carbonyl (C=O) groups excluding carboxylic acids is 2. The summed E-state index contributed by atoms with van der Waals surface area (Å²) in [7, 11) is 0. The van der Waals surface area contributed by atoms with Crippen LogP contribution in [0.5, 0.6) is 0 Å². The maximum atomic E-state index is 10.5. The monoisotopic (exact) mass is 156 g/mol. The molecule has 0 saturated carbocycles. The summed E-state index contributed by atoms with van der Waals surface area (Å²) >= 11 is 0. The van der Waals surface area contributed by atoms with Crippen molar-refractivity contribution >= 4 is 11.8 Å². The van der Waals surface area contributed by atoms with Gasteiger partial charge in [-0.25, -0.2) is 0 Å². The van der Waals surface area contributed by atoms with Gasteiger partial charge in [-0.05, 0) is 6.42 Å². The summed E-state index contributed by atoms with van der Waals surface area (Å²) in [6.07, 6.45) is 1.94. The van der Waals surface area contributed by atoms with Crippen LogP contribution in [0, 0.1) is 5.92 Å². The molecule has 0 fully saturated rings. The van der Waals surface area contributed by atoms with Crippen LogP contribution in [0.2, 0.25) is 0 Å². The number of carbonyl (C=O) groups is 2. The Morgan fingerprint density at radius 1 is 1.45 bits per heavy atom. The summed E-state index contributed by atoms with van der Waals surface area (Å²) in [4.78, 5) is 20.8. The number of nitrogens with two attached hydrogens (primary N) is 2. The third-order valence-electron chi connectivity index (χ3n) is 1.35. The number of amides is 2. The van der Waals surface area contributed by atoms with E-state index in [9.17, 15) is 9.59 Å². The number of rotatable bonds is 5. The zero-order valence-electron chi connectivity index (χ0n) is 6.25. The molecule has 0 unspecified atom stereocenters. The topological polar surface area (TPSA) is 86.2 Å². The van der Waals surface area contributed by atoms with E-state index in [1.54, 1.807) is 0 Å². The SMILES string of the molecule is C=C[C@@H](CCC(N)=O)C(N)=O. The molecule has 0 aliphatic rings. The molecule has 0 aromatic rings. The molecule has 0 bridgehead atoms. The minimum atomic E-state index is -0.471. The highest BCUT2D eigenvalue weighted by Gasteiger charge is 2.11. The van der Waals surface area contributed by atoms with Crippen LogP contribution in [0.3, 0.4) is 0 Å². The van der Waals surface area contributed by atoms with E-state index in [1.807, 2.05) is 0 Å². The predicted octanol–water partition coefficient (Wildman–Crippen LogP) is -0.461. The molecule has 0 aliphatic carbocycles. The molecule has 1 atom stereocenters. The van der Waals surface area contributed by atoms with Crippen molar-refractivity contribution in [3.63, 3.8) is 0 Å². The number of hydrogen-bond acceptors (Lipinski definition) is 2. The van der Waals surface area contributed by atoms with Crippen molar-refractivity contribution in [2.24, 2.45) is 17.4 Å². The molecule has 0 heterocycles. The Morgan fingerprint density at radius 3 is 2.27 bits per heavy atom. The Kier molecular flexibility index (Phi) is 3.95. The average molecular weight is 156 g/mol. The van der Waals surface area contributed by atoms with E-state index in [-0.39, 0.29) is 6.42 Å². The third-order valence-corrected chi connectivity index (χ3v) is 1.35. The molecule has 0 saturated heterocycles. The third kappa shape index (κ3) is 4.13. The molecule has 0 aromatic heterocycles. The summed E-state index contributed by atoms with van der Waals surface area (Å²) in [5.41, 5.74) is 9.84. The van der Waals surface area contributed by atoms with Gasteiger partial charge in [0.1, 0.15) is 0 Å². The molecule has 0 aliphatic heterocycles. The quantitative estimate of drug-likeness (QED) is 0.527. The smallest absolute Gasteiger partial charge is 0.224 e. The lowest BCUT2D eigenvalue weighted by atomic mass is 10.0. The Labute approximate surface area is 65.2 Å². The van der Waals surface area contributed by atoms with E-state index in [2.05, 4.69) is 6.58 Å². The summed E-state index contributed by atoms with van der Waals surface area (Å²) in [5, 5.41) is 0. The van der Waals surface area contributed by atoms with Gasteiger partial charge in [-0.2, -0.15) is 0 Å². The van der Waals surface area contributed by atoms with Crippen LogP contribution >= 0.6 is 0 Å². The summed E-state index contributed by atoms with van der Waals surface area (Å²) < 4.78 is 0. The molecule has 11 heavy (non-hydrogen) atoms. The standard InChI is InChI=1S/C7H12N2O2/c1-2-5(7(9)11)3-4-6(8)10/h2,5H,1,3-4H2,(H2,8,10)(H2,9,11)/t5-/m0/s1. The fourth-order valence-corrected chi connectivity index (χ4v) is 0.674. The van der Waals surface area contributed by atoms with E-state index < -0.39 is 17.7 Å². The fourth-order valence-electron chi connectivity index (χ4n) is 0.674. The first-order valence-electron chi connectivity index (χ1n) is 3.28. The zero-order chi connectivity index (χ0) is 8.85. The summed E-state index contributed by atoms with van der Waals surface area (Å²) in [6.45, 7) is 3.41. The first-order valence-corrected chi connectivity index (χ1v) is 3.28. The molecular formula is C7H12N2O2. The fraction of sp³-hybridized carbons (Fsp3) is 0.429. The normalized spacial score (nSPS) is 12.0. The van der Waals surface area contributed by atoms with Gasteiger partial charge in [0, 0.05) is 6.42 Å². The van der Waals surface area contributed by atoms with E-state index in [4.69, 9.17) is 11.5 Å². The van der Waals surface area contributed by atoms with Crippen molar-refractivity contribution in [3.8, 4) is 0 Å². The Morgan fingerprint density at radius 2 is 2.00 bits per heavy atom. The van der Waals surface area contributed by atoms with Crippen LogP contribution in [0.1, 0.15) is 12.8 Å². The van der Waals surface area contributed by atoms with Crippen molar-refractivity contribution in [2.75, 3.05) is 0 Å². The van der Waals surface area contributed by atoms with Crippen molar-refractivity contribution in [1.29, 1.82) is 0 Å². The molecule has 0 radical (unpaired) electrons. The lowest BCUT2D eigenvalue weighted by molar-refractivity contribution is -0.121. The van der Waals surface area contributed by atoms with E-state index in [0.29, 0.717) is 6.42 Å². The first kappa shape index (κ1) is 9.68. The van der Waals surface area contributed by atoms with Crippen molar-refractivity contribution in [1.82, 2.24) is 0 Å². The molecule has 2 amide bonds. The molecule has 0 rings (SSSR count). The second-order valence-corrected chi connectivity index (χ2v) is 2.25. The van der Waals surface area contributed by atoms with E-state index in [0.717, 1.165) is 0 Å². The second-order valence-electron chi connectivity index (χ2n) is 2.25. The highest BCUT2D eigenvalue weighted by Crippen LogP contribution is 2.05. The lowest BCUT2D eigenvalue weighted by Crippen LogP contribution is -2.23. The van der Waals surface area contributed by atoms with Gasteiger partial charge in [0.2, 0.25) is 11.8 Å². The lowest BCUT2D eigenvalue weighted by Gasteiger charge is -2.04. The highest BCUT2D eigenvalue weighted by molar-refractivity contribution is 5.80. The van der Waals surface area contributed by atoms with Gasteiger partial charge in [0.25, 0.3) is 0 Å². The van der Waals surface area contributed by atoms with E-state index >= 15 is 0 Å². The van der Waals surface area contributed by atoms with Gasteiger partial charge in [0.15, 0.2) is 0 Å². The van der Waals surface area contributed by atoms with E-state index in [1.165, 1.54) is 6.08 Å². The highest BCUT2D eigenvalue weighted by atomic mass is 16.1. The Bertz CT molecular complexity index is 177. The van der Waals surface area contributed by atoms with Gasteiger partial charge in [-0.1, -0.05) is 6.08 Å². The van der Waals surface area contributed by atoms with Gasteiger partial charge in [0.05, 0.1) is 5.92 Å². The van der Waals surface area contributed by atoms with Crippen LogP contribution in [0.25, 0.3) is 0 Å². The molecule has 4 N–H and O–H groups in total. The number of hydrogen-bond donors (Lipinski definition) is 2. The van der Waals surface area contributed by atoms with Crippen molar-refractivity contribution in [2.45, 2.75) is 12.8 Å². The molecule has 4 nitrogen and oxygen atoms in total. The Hall–Kier alpha value is -1.32. The summed E-state index contributed by atoms with van der Waals surface area (Å²) in [6, 6.07) is 0. The van der Waals surface area contributed by atoms with Crippen LogP contribution < -0.4 is 11.5 Å². The van der Waals surface area contributed by atoms with Gasteiger partial charge in [-0.15, -0.1) is 6.58 Å². The predicted molar refractivity (Wildman–Crippen MR) is 41.3 cm³/mol. The molecule has 62 valence electrons. The van der Waals surface area contributed by atoms with Gasteiger partial charge in [-0.3, -0.25) is 9.59 Å². The molecule has 0 spiro atoms. The first-order chi connectivity index (χ1) is 5.07. The minimum absolute atomic E-state index is 0.166. The van der Waals surface area contributed by atoms with Crippen LogP contribution in [0.4, 0.5) is 0 Å². The van der Waals surface area contributed by atoms with Crippen LogP contribution in [0.15, 0.2) is 12.7 Å². The van der Waals surface area contributed by atoms with Crippen LogP contribution in [-0.4, -0.2) is 11.8 Å². The second kappa shape index (κ2) is 4.49. The van der Waals surface area contributed by atoms with Gasteiger partial charge < -0.3 is 11.5 Å². The zero-order valence-corrected chi connectivity index (χ0v) is 6.25. The maximum Gasteiger partial charge on any atom is 0.224 e. The molecular weight excluding hydrogens is 144 g/mol. The maximum absolute atomic E-state index is 10.5. The average Bonchev–Trinajstić information content (AvgIpc) is 1.87. The number of primary amides is 2. The molecule has 4 heteroatoms.